The first kappa shape index (κ1) is 20.8. The van der Waals surface area contributed by atoms with Gasteiger partial charge in [-0.3, -0.25) is 14.6 Å². The molecule has 0 atom stereocenters. The number of aromatic amines is 2. The molecule has 0 aliphatic heterocycles. The third-order valence-electron chi connectivity index (χ3n) is 3.29. The van der Waals surface area contributed by atoms with E-state index in [1.807, 2.05) is 4.98 Å². The van der Waals surface area contributed by atoms with Crippen molar-refractivity contribution < 1.29 is 19.8 Å². The molecule has 0 aliphatic carbocycles. The number of primary amides is 1. The van der Waals surface area contributed by atoms with Gasteiger partial charge in [0.05, 0.1) is 6.61 Å². The monoisotopic (exact) mass is 364 g/mol. The number of carbonyl (C=O) groups excluding carboxylic acids is 1. The van der Waals surface area contributed by atoms with E-state index in [9.17, 15) is 19.2 Å². The Bertz CT molecular complexity index is 868. The van der Waals surface area contributed by atoms with Crippen molar-refractivity contribution in [2.75, 3.05) is 13.2 Å². The number of carbonyl (C=O) groups is 2. The molecular weight excluding hydrogens is 344 g/mol. The van der Waals surface area contributed by atoms with Gasteiger partial charge in [-0.05, 0) is 30.5 Å². The van der Waals surface area contributed by atoms with Crippen molar-refractivity contribution in [3.63, 3.8) is 0 Å². The van der Waals surface area contributed by atoms with Gasteiger partial charge >= 0.3 is 11.7 Å². The zero-order valence-corrected chi connectivity index (χ0v) is 13.8. The number of amides is 1. The van der Waals surface area contributed by atoms with Crippen molar-refractivity contribution in [1.29, 1.82) is 0 Å². The lowest BCUT2D eigenvalue weighted by Gasteiger charge is -2.05. The van der Waals surface area contributed by atoms with E-state index >= 15 is 0 Å². The van der Waals surface area contributed by atoms with Crippen LogP contribution in [0.3, 0.4) is 0 Å². The molecule has 26 heavy (non-hydrogen) atoms. The van der Waals surface area contributed by atoms with Crippen LogP contribution in [0.15, 0.2) is 33.9 Å². The van der Waals surface area contributed by atoms with Gasteiger partial charge in [0.25, 0.3) is 5.56 Å². The molecular formula is C16H20N4O6. The molecule has 0 radical (unpaired) electrons. The molecule has 0 bridgehead atoms. The lowest BCUT2D eigenvalue weighted by molar-refractivity contribution is 0.0688. The molecule has 10 nitrogen and oxygen atoms in total. The number of nitrogens with one attached hydrogen (secondary N) is 2. The standard InChI is InChI=1S/C14H13N3O5.C2H7NO/c15-11(18)8-4-1-7(2-5-8)3-6-9-10(13(20)21)16-14(22)17-12(9)19;3-1-2-4/h1-2,4-5H,3,6H2,(H2,15,18)(H,20,21)(H2,16,17,19,22);4H,1-3H2. The molecule has 1 aromatic heterocycles. The van der Waals surface area contributed by atoms with Gasteiger partial charge in [-0.15, -0.1) is 0 Å². The maximum atomic E-state index is 11.7. The maximum Gasteiger partial charge on any atom is 0.352 e. The number of nitrogens with two attached hydrogens (primary N) is 2. The van der Waals surface area contributed by atoms with Crippen molar-refractivity contribution in [3.8, 4) is 0 Å². The lowest BCUT2D eigenvalue weighted by Crippen LogP contribution is -2.30. The number of aryl methyl sites for hydroxylation is 1. The summed E-state index contributed by atoms with van der Waals surface area (Å²) >= 11 is 0. The van der Waals surface area contributed by atoms with Crippen molar-refractivity contribution >= 4 is 11.9 Å². The van der Waals surface area contributed by atoms with Crippen LogP contribution in [0.25, 0.3) is 0 Å². The number of hydrogen-bond acceptors (Lipinski definition) is 6. The average molecular weight is 364 g/mol. The van der Waals surface area contributed by atoms with Crippen LogP contribution >= 0.6 is 0 Å². The highest BCUT2D eigenvalue weighted by atomic mass is 16.4. The van der Waals surface area contributed by atoms with Crippen LogP contribution in [0.2, 0.25) is 0 Å². The second kappa shape index (κ2) is 9.91. The smallest absolute Gasteiger partial charge is 0.352 e. The van der Waals surface area contributed by atoms with Gasteiger partial charge in [-0.25, -0.2) is 9.59 Å². The van der Waals surface area contributed by atoms with Crippen LogP contribution in [0.5, 0.6) is 0 Å². The second-order valence-corrected chi connectivity index (χ2v) is 5.14. The van der Waals surface area contributed by atoms with E-state index in [2.05, 4.69) is 4.98 Å². The topological polar surface area (TPSA) is 192 Å². The summed E-state index contributed by atoms with van der Waals surface area (Å²) < 4.78 is 0. The molecule has 1 heterocycles. The highest BCUT2D eigenvalue weighted by Gasteiger charge is 2.15. The summed E-state index contributed by atoms with van der Waals surface area (Å²) in [6, 6.07) is 6.43. The van der Waals surface area contributed by atoms with Crippen molar-refractivity contribution in [2.45, 2.75) is 12.8 Å². The fourth-order valence-corrected chi connectivity index (χ4v) is 2.04. The molecule has 0 saturated carbocycles. The third kappa shape index (κ3) is 6.00. The lowest BCUT2D eigenvalue weighted by atomic mass is 10.0. The average Bonchev–Trinajstić information content (AvgIpc) is 2.60. The molecule has 0 saturated heterocycles. The fourth-order valence-electron chi connectivity index (χ4n) is 2.04. The minimum absolute atomic E-state index is 0.00826. The molecule has 140 valence electrons. The van der Waals surface area contributed by atoms with Gasteiger partial charge < -0.3 is 26.7 Å². The predicted octanol–water partition coefficient (Wildman–Crippen LogP) is -1.42. The quantitative estimate of drug-likeness (QED) is 0.362. The largest absolute Gasteiger partial charge is 0.477 e. The van der Waals surface area contributed by atoms with E-state index < -0.39 is 28.8 Å². The molecule has 2 rings (SSSR count). The van der Waals surface area contributed by atoms with Gasteiger partial charge in [-0.2, -0.15) is 0 Å². The SMILES string of the molecule is NC(=O)c1ccc(CCc2c(C(=O)O)[nH]c(=O)[nH]c2=O)cc1.NCCO. The Balaban J connectivity index is 0.000000765. The van der Waals surface area contributed by atoms with E-state index in [1.165, 1.54) is 0 Å². The van der Waals surface area contributed by atoms with Gasteiger partial charge in [0.15, 0.2) is 0 Å². The summed E-state index contributed by atoms with van der Waals surface area (Å²) in [5.74, 6) is -1.92. The molecule has 0 spiro atoms. The van der Waals surface area contributed by atoms with Crippen molar-refractivity contribution in [3.05, 3.63) is 67.5 Å². The number of H-pyrrole nitrogens is 2. The number of carboxylic acids is 1. The number of aliphatic hydroxyl groups is 1. The van der Waals surface area contributed by atoms with Crippen LogP contribution in [0.1, 0.15) is 32.0 Å². The summed E-state index contributed by atoms with van der Waals surface area (Å²) in [6.07, 6.45) is 0.498. The van der Waals surface area contributed by atoms with E-state index in [-0.39, 0.29) is 18.6 Å². The number of rotatable bonds is 6. The molecule has 1 aromatic carbocycles. The molecule has 0 unspecified atom stereocenters. The van der Waals surface area contributed by atoms with Crippen LogP contribution in [-0.4, -0.2) is 45.2 Å². The van der Waals surface area contributed by atoms with Gasteiger partial charge in [0, 0.05) is 17.7 Å². The summed E-state index contributed by atoms with van der Waals surface area (Å²) in [5.41, 5.74) is 9.05. The Morgan fingerprint density at radius 3 is 2.08 bits per heavy atom. The normalized spacial score (nSPS) is 9.92. The van der Waals surface area contributed by atoms with E-state index in [1.54, 1.807) is 24.3 Å². The summed E-state index contributed by atoms with van der Waals surface area (Å²) in [6.45, 7) is 0.472. The molecule has 0 fully saturated rings. The molecule has 10 heteroatoms. The minimum Gasteiger partial charge on any atom is -0.477 e. The summed E-state index contributed by atoms with van der Waals surface area (Å²) in [4.78, 5) is 49.0. The van der Waals surface area contributed by atoms with Crippen LogP contribution in [0, 0.1) is 0 Å². The van der Waals surface area contributed by atoms with E-state index in [0.29, 0.717) is 18.5 Å². The number of aliphatic hydroxyl groups excluding tert-OH is 1. The van der Waals surface area contributed by atoms with Crippen molar-refractivity contribution in [1.82, 2.24) is 9.97 Å². The highest BCUT2D eigenvalue weighted by molar-refractivity contribution is 5.92. The minimum atomic E-state index is -1.37. The Hall–Kier alpha value is -3.24. The van der Waals surface area contributed by atoms with E-state index in [0.717, 1.165) is 5.56 Å². The molecule has 8 N–H and O–H groups in total. The number of benzene rings is 1. The van der Waals surface area contributed by atoms with E-state index in [4.69, 9.17) is 21.7 Å². The Labute approximate surface area is 147 Å². The highest BCUT2D eigenvalue weighted by Crippen LogP contribution is 2.08. The van der Waals surface area contributed by atoms with Crippen molar-refractivity contribution in [2.24, 2.45) is 11.5 Å². The Morgan fingerprint density at radius 2 is 1.62 bits per heavy atom. The molecule has 0 aliphatic rings. The zero-order valence-electron chi connectivity index (χ0n) is 13.8. The number of aromatic nitrogens is 2. The second-order valence-electron chi connectivity index (χ2n) is 5.14. The Kier molecular flexibility index (Phi) is 7.93. The van der Waals surface area contributed by atoms with Crippen LogP contribution in [0.4, 0.5) is 0 Å². The number of aromatic carboxylic acids is 1. The summed E-state index contributed by atoms with van der Waals surface area (Å²) in [5, 5.41) is 16.8. The fraction of sp³-hybridized carbons (Fsp3) is 0.250. The first-order chi connectivity index (χ1) is 12.3. The first-order valence-corrected chi connectivity index (χ1v) is 7.58. The number of hydrogen-bond donors (Lipinski definition) is 6. The van der Waals surface area contributed by atoms with Gasteiger partial charge in [0.2, 0.25) is 5.91 Å². The molecule has 2 aromatic rings. The first-order valence-electron chi connectivity index (χ1n) is 7.58. The third-order valence-corrected chi connectivity index (χ3v) is 3.29. The number of carboxylic acid groups (broad SMARTS) is 1. The predicted molar refractivity (Wildman–Crippen MR) is 93.2 cm³/mol. The zero-order chi connectivity index (χ0) is 19.7. The maximum absolute atomic E-state index is 11.7. The van der Waals surface area contributed by atoms with Crippen LogP contribution in [-0.2, 0) is 12.8 Å². The van der Waals surface area contributed by atoms with Gasteiger partial charge in [-0.1, -0.05) is 12.1 Å². The summed E-state index contributed by atoms with van der Waals surface area (Å²) in [7, 11) is 0. The van der Waals surface area contributed by atoms with Crippen LogP contribution < -0.4 is 22.7 Å². The Morgan fingerprint density at radius 1 is 1.04 bits per heavy atom. The molecule has 1 amide bonds. The van der Waals surface area contributed by atoms with Gasteiger partial charge in [0.1, 0.15) is 5.69 Å².